The van der Waals surface area contributed by atoms with Gasteiger partial charge >= 0.3 is 0 Å². The first-order chi connectivity index (χ1) is 9.22. The SMILES string of the molecule is Oc1cccc(-c2nnc(-c3ccc(Br)cc3)o2)c1. The van der Waals surface area contributed by atoms with E-state index in [1.807, 2.05) is 24.3 Å². The van der Waals surface area contributed by atoms with Crippen LogP contribution in [0.25, 0.3) is 22.9 Å². The number of rotatable bonds is 2. The fourth-order valence-electron chi connectivity index (χ4n) is 1.69. The van der Waals surface area contributed by atoms with Gasteiger partial charge in [0.2, 0.25) is 11.8 Å². The van der Waals surface area contributed by atoms with Crippen LogP contribution in [-0.4, -0.2) is 15.3 Å². The number of aromatic nitrogens is 2. The van der Waals surface area contributed by atoms with Gasteiger partial charge in [-0.2, -0.15) is 0 Å². The number of hydrogen-bond acceptors (Lipinski definition) is 4. The van der Waals surface area contributed by atoms with E-state index in [2.05, 4.69) is 26.1 Å². The lowest BCUT2D eigenvalue weighted by Gasteiger charge is -1.96. The molecule has 4 nitrogen and oxygen atoms in total. The second kappa shape index (κ2) is 4.85. The van der Waals surface area contributed by atoms with Crippen molar-refractivity contribution in [3.63, 3.8) is 0 Å². The third kappa shape index (κ3) is 2.51. The van der Waals surface area contributed by atoms with Crippen LogP contribution in [0.1, 0.15) is 0 Å². The molecular weight excluding hydrogens is 308 g/mol. The van der Waals surface area contributed by atoms with Gasteiger partial charge in [-0.15, -0.1) is 10.2 Å². The molecule has 2 aromatic carbocycles. The summed E-state index contributed by atoms with van der Waals surface area (Å²) in [5, 5.41) is 17.4. The Kier molecular flexibility index (Phi) is 3.05. The van der Waals surface area contributed by atoms with Crippen LogP contribution in [-0.2, 0) is 0 Å². The van der Waals surface area contributed by atoms with E-state index in [0.29, 0.717) is 17.3 Å². The Hall–Kier alpha value is -2.14. The number of phenols is 1. The maximum absolute atomic E-state index is 9.43. The number of benzene rings is 2. The van der Waals surface area contributed by atoms with Gasteiger partial charge in [0.15, 0.2) is 0 Å². The summed E-state index contributed by atoms with van der Waals surface area (Å²) in [5.41, 5.74) is 1.54. The molecule has 0 spiro atoms. The molecule has 0 aliphatic heterocycles. The van der Waals surface area contributed by atoms with E-state index in [1.54, 1.807) is 24.3 Å². The van der Waals surface area contributed by atoms with Crippen molar-refractivity contribution in [2.75, 3.05) is 0 Å². The van der Waals surface area contributed by atoms with E-state index in [0.717, 1.165) is 10.0 Å². The van der Waals surface area contributed by atoms with E-state index in [1.165, 1.54) is 0 Å². The van der Waals surface area contributed by atoms with Gasteiger partial charge in [0.25, 0.3) is 0 Å². The highest BCUT2D eigenvalue weighted by Gasteiger charge is 2.10. The smallest absolute Gasteiger partial charge is 0.248 e. The molecule has 0 radical (unpaired) electrons. The Labute approximate surface area is 117 Å². The van der Waals surface area contributed by atoms with Crippen molar-refractivity contribution in [1.29, 1.82) is 0 Å². The molecule has 0 atom stereocenters. The lowest BCUT2D eigenvalue weighted by Crippen LogP contribution is -1.77. The summed E-state index contributed by atoms with van der Waals surface area (Å²) in [6, 6.07) is 14.3. The maximum atomic E-state index is 9.43. The Morgan fingerprint density at radius 2 is 1.58 bits per heavy atom. The summed E-state index contributed by atoms with van der Waals surface area (Å²) in [5.74, 6) is 1.00. The predicted octanol–water partition coefficient (Wildman–Crippen LogP) is 3.87. The lowest BCUT2D eigenvalue weighted by atomic mass is 10.2. The Morgan fingerprint density at radius 1 is 0.895 bits per heavy atom. The van der Waals surface area contributed by atoms with Crippen molar-refractivity contribution >= 4 is 15.9 Å². The summed E-state index contributed by atoms with van der Waals surface area (Å²) in [4.78, 5) is 0. The largest absolute Gasteiger partial charge is 0.508 e. The minimum absolute atomic E-state index is 0.167. The standard InChI is InChI=1S/C14H9BrN2O2/c15-11-6-4-9(5-7-11)13-16-17-14(19-13)10-2-1-3-12(18)8-10/h1-8,18H. The zero-order valence-corrected chi connectivity index (χ0v) is 11.3. The second-order valence-electron chi connectivity index (χ2n) is 3.97. The summed E-state index contributed by atoms with van der Waals surface area (Å²) in [6.07, 6.45) is 0. The molecule has 1 heterocycles. The Morgan fingerprint density at radius 3 is 2.26 bits per heavy atom. The summed E-state index contributed by atoms with van der Waals surface area (Å²) in [6.45, 7) is 0. The van der Waals surface area contributed by atoms with Gasteiger partial charge in [-0.1, -0.05) is 22.0 Å². The van der Waals surface area contributed by atoms with Crippen molar-refractivity contribution < 1.29 is 9.52 Å². The van der Waals surface area contributed by atoms with Crippen LogP contribution in [0.5, 0.6) is 5.75 Å². The fraction of sp³-hybridized carbons (Fsp3) is 0. The highest BCUT2D eigenvalue weighted by atomic mass is 79.9. The highest BCUT2D eigenvalue weighted by molar-refractivity contribution is 9.10. The van der Waals surface area contributed by atoms with Crippen LogP contribution in [0.15, 0.2) is 57.4 Å². The Balaban J connectivity index is 1.97. The number of hydrogen-bond donors (Lipinski definition) is 1. The van der Waals surface area contributed by atoms with Crippen molar-refractivity contribution in [3.05, 3.63) is 53.0 Å². The monoisotopic (exact) mass is 316 g/mol. The van der Waals surface area contributed by atoms with E-state index < -0.39 is 0 Å². The van der Waals surface area contributed by atoms with Crippen molar-refractivity contribution in [2.45, 2.75) is 0 Å². The van der Waals surface area contributed by atoms with Crippen LogP contribution in [0, 0.1) is 0 Å². The third-order valence-corrected chi connectivity index (χ3v) is 3.14. The number of aromatic hydroxyl groups is 1. The van der Waals surface area contributed by atoms with Crippen LogP contribution in [0.3, 0.4) is 0 Å². The molecule has 0 aliphatic rings. The van der Waals surface area contributed by atoms with E-state index in [9.17, 15) is 5.11 Å². The number of halogens is 1. The first-order valence-corrected chi connectivity index (χ1v) is 6.40. The minimum atomic E-state index is 0.167. The van der Waals surface area contributed by atoms with Gasteiger partial charge in [0.05, 0.1) is 0 Å². The molecule has 0 unspecified atom stereocenters. The van der Waals surface area contributed by atoms with Gasteiger partial charge in [0.1, 0.15) is 5.75 Å². The average molecular weight is 317 g/mol. The zero-order chi connectivity index (χ0) is 13.2. The summed E-state index contributed by atoms with van der Waals surface area (Å²) >= 11 is 3.37. The number of nitrogens with zero attached hydrogens (tertiary/aromatic N) is 2. The molecule has 94 valence electrons. The molecular formula is C14H9BrN2O2. The second-order valence-corrected chi connectivity index (χ2v) is 4.89. The molecule has 0 saturated heterocycles. The first kappa shape index (κ1) is 11.9. The molecule has 0 fully saturated rings. The quantitative estimate of drug-likeness (QED) is 0.779. The highest BCUT2D eigenvalue weighted by Crippen LogP contribution is 2.26. The normalized spacial score (nSPS) is 10.6. The zero-order valence-electron chi connectivity index (χ0n) is 9.75. The molecule has 19 heavy (non-hydrogen) atoms. The topological polar surface area (TPSA) is 59.2 Å². The fourth-order valence-corrected chi connectivity index (χ4v) is 1.95. The van der Waals surface area contributed by atoms with Crippen LogP contribution >= 0.6 is 15.9 Å². The molecule has 0 aliphatic carbocycles. The molecule has 3 rings (SSSR count). The summed E-state index contributed by atoms with van der Waals surface area (Å²) < 4.78 is 6.59. The predicted molar refractivity (Wildman–Crippen MR) is 74.5 cm³/mol. The van der Waals surface area contributed by atoms with E-state index in [-0.39, 0.29) is 5.75 Å². The van der Waals surface area contributed by atoms with Crippen molar-refractivity contribution in [2.24, 2.45) is 0 Å². The average Bonchev–Trinajstić information content (AvgIpc) is 2.89. The lowest BCUT2D eigenvalue weighted by molar-refractivity contribution is 0.475. The van der Waals surface area contributed by atoms with Gasteiger partial charge in [-0.25, -0.2) is 0 Å². The van der Waals surface area contributed by atoms with Crippen molar-refractivity contribution in [3.8, 4) is 28.7 Å². The van der Waals surface area contributed by atoms with E-state index in [4.69, 9.17) is 4.42 Å². The van der Waals surface area contributed by atoms with E-state index >= 15 is 0 Å². The molecule has 1 N–H and O–H groups in total. The van der Waals surface area contributed by atoms with Crippen LogP contribution < -0.4 is 0 Å². The third-order valence-electron chi connectivity index (χ3n) is 2.61. The first-order valence-electron chi connectivity index (χ1n) is 5.61. The number of phenolic OH excluding ortho intramolecular Hbond substituents is 1. The molecule has 3 aromatic rings. The van der Waals surface area contributed by atoms with Gasteiger partial charge in [-0.05, 0) is 42.5 Å². The van der Waals surface area contributed by atoms with Gasteiger partial charge < -0.3 is 9.52 Å². The maximum Gasteiger partial charge on any atom is 0.248 e. The van der Waals surface area contributed by atoms with Crippen molar-refractivity contribution in [1.82, 2.24) is 10.2 Å². The Bertz CT molecular complexity index is 707. The molecule has 0 amide bonds. The molecule has 1 aromatic heterocycles. The molecule has 0 bridgehead atoms. The van der Waals surface area contributed by atoms with Crippen LogP contribution in [0.2, 0.25) is 0 Å². The van der Waals surface area contributed by atoms with Gasteiger partial charge in [0, 0.05) is 15.6 Å². The molecule has 5 heteroatoms. The summed E-state index contributed by atoms with van der Waals surface area (Å²) in [7, 11) is 0. The molecule has 0 saturated carbocycles. The minimum Gasteiger partial charge on any atom is -0.508 e. The van der Waals surface area contributed by atoms with Gasteiger partial charge in [-0.3, -0.25) is 0 Å². The van der Waals surface area contributed by atoms with Crippen LogP contribution in [0.4, 0.5) is 0 Å².